The summed E-state index contributed by atoms with van der Waals surface area (Å²) in [6, 6.07) is 14.6. The van der Waals surface area contributed by atoms with Crippen molar-refractivity contribution in [3.05, 3.63) is 54.1 Å². The molecule has 0 saturated carbocycles. The van der Waals surface area contributed by atoms with Crippen LogP contribution in [0.4, 0.5) is 0 Å². The minimum atomic E-state index is -0.586. The summed E-state index contributed by atoms with van der Waals surface area (Å²) in [5.74, 6) is 2.21. The van der Waals surface area contributed by atoms with Gasteiger partial charge >= 0.3 is 0 Å². The zero-order valence-electron chi connectivity index (χ0n) is 21.2. The van der Waals surface area contributed by atoms with Crippen molar-refractivity contribution in [2.75, 3.05) is 79.8 Å². The number of hydrogen-bond donors (Lipinski definition) is 1. The second kappa shape index (κ2) is 12.9. The molecule has 4 rings (SSSR count). The first kappa shape index (κ1) is 26.2. The minimum absolute atomic E-state index is 0.0412. The molecule has 36 heavy (non-hydrogen) atoms. The van der Waals surface area contributed by atoms with E-state index in [1.165, 1.54) is 0 Å². The highest BCUT2D eigenvalue weighted by Gasteiger charge is 2.27. The molecular weight excluding hydrogens is 462 g/mol. The third kappa shape index (κ3) is 7.33. The number of aliphatic hydroxyl groups is 1. The number of benzene rings is 2. The molecule has 2 aromatic rings. The van der Waals surface area contributed by atoms with E-state index in [-0.39, 0.29) is 18.6 Å². The average molecular weight is 500 g/mol. The number of methoxy groups -OCH3 is 2. The van der Waals surface area contributed by atoms with Crippen LogP contribution in [0.3, 0.4) is 0 Å². The number of carbonyl (C=O) groups excluding carboxylic acids is 1. The second-order valence-corrected chi connectivity index (χ2v) is 9.22. The molecule has 2 fully saturated rings. The number of piperazine rings is 1. The van der Waals surface area contributed by atoms with Crippen LogP contribution in [0.5, 0.6) is 17.2 Å². The fraction of sp³-hybridized carbons (Fsp3) is 0.519. The van der Waals surface area contributed by atoms with Crippen LogP contribution in [-0.4, -0.2) is 118 Å². The molecule has 2 aromatic carbocycles. The van der Waals surface area contributed by atoms with Gasteiger partial charge in [-0.3, -0.25) is 14.6 Å². The third-order valence-corrected chi connectivity index (χ3v) is 6.63. The summed E-state index contributed by atoms with van der Waals surface area (Å²) in [5, 5.41) is 10.5. The highest BCUT2D eigenvalue weighted by molar-refractivity contribution is 5.94. The van der Waals surface area contributed by atoms with Crippen LogP contribution < -0.4 is 14.2 Å². The summed E-state index contributed by atoms with van der Waals surface area (Å²) in [5.41, 5.74) is 0.656. The van der Waals surface area contributed by atoms with Crippen molar-refractivity contribution in [3.8, 4) is 17.2 Å². The Morgan fingerprint density at radius 3 is 2.42 bits per heavy atom. The van der Waals surface area contributed by atoms with E-state index in [1.807, 2.05) is 47.4 Å². The first-order valence-corrected chi connectivity index (χ1v) is 12.5. The van der Waals surface area contributed by atoms with Gasteiger partial charge in [-0.1, -0.05) is 6.07 Å². The van der Waals surface area contributed by atoms with Gasteiger partial charge < -0.3 is 29.0 Å². The topological polar surface area (TPSA) is 83.9 Å². The quantitative estimate of drug-likeness (QED) is 0.528. The normalized spacial score (nSPS) is 20.1. The van der Waals surface area contributed by atoms with Crippen LogP contribution in [0.15, 0.2) is 48.5 Å². The molecule has 196 valence electrons. The molecule has 2 heterocycles. The van der Waals surface area contributed by atoms with Gasteiger partial charge in [0.25, 0.3) is 5.91 Å². The lowest BCUT2D eigenvalue weighted by Crippen LogP contribution is -2.54. The van der Waals surface area contributed by atoms with Gasteiger partial charge in [-0.25, -0.2) is 0 Å². The summed E-state index contributed by atoms with van der Waals surface area (Å²) in [4.78, 5) is 19.4. The van der Waals surface area contributed by atoms with Crippen molar-refractivity contribution >= 4 is 5.91 Å². The Morgan fingerprint density at radius 2 is 1.69 bits per heavy atom. The van der Waals surface area contributed by atoms with Crippen molar-refractivity contribution in [2.45, 2.75) is 12.2 Å². The second-order valence-electron chi connectivity index (χ2n) is 9.22. The molecule has 0 spiro atoms. The molecule has 9 nitrogen and oxygen atoms in total. The predicted octanol–water partition coefficient (Wildman–Crippen LogP) is 1.60. The summed E-state index contributed by atoms with van der Waals surface area (Å²) in [6.45, 7) is 6.79. The van der Waals surface area contributed by atoms with E-state index in [9.17, 15) is 9.90 Å². The lowest BCUT2D eigenvalue weighted by molar-refractivity contribution is -0.0591. The maximum Gasteiger partial charge on any atom is 0.254 e. The van der Waals surface area contributed by atoms with Gasteiger partial charge in [-0.2, -0.15) is 0 Å². The lowest BCUT2D eigenvalue weighted by Gasteiger charge is -2.39. The van der Waals surface area contributed by atoms with Gasteiger partial charge in [0.05, 0.1) is 26.9 Å². The van der Waals surface area contributed by atoms with Gasteiger partial charge in [0.15, 0.2) is 0 Å². The smallest absolute Gasteiger partial charge is 0.254 e. The first-order valence-electron chi connectivity index (χ1n) is 12.5. The van der Waals surface area contributed by atoms with E-state index in [2.05, 4.69) is 9.80 Å². The van der Waals surface area contributed by atoms with Crippen LogP contribution in [0.2, 0.25) is 0 Å². The third-order valence-electron chi connectivity index (χ3n) is 6.63. The highest BCUT2D eigenvalue weighted by Crippen LogP contribution is 2.18. The van der Waals surface area contributed by atoms with Crippen LogP contribution >= 0.6 is 0 Å². The summed E-state index contributed by atoms with van der Waals surface area (Å²) < 4.78 is 22.1. The van der Waals surface area contributed by atoms with Crippen molar-refractivity contribution in [3.63, 3.8) is 0 Å². The van der Waals surface area contributed by atoms with Crippen molar-refractivity contribution in [1.82, 2.24) is 14.7 Å². The van der Waals surface area contributed by atoms with E-state index < -0.39 is 6.10 Å². The van der Waals surface area contributed by atoms with E-state index >= 15 is 0 Å². The zero-order chi connectivity index (χ0) is 25.3. The lowest BCUT2D eigenvalue weighted by atomic mass is 10.1. The maximum atomic E-state index is 12.9. The highest BCUT2D eigenvalue weighted by atomic mass is 16.5. The number of ether oxygens (including phenoxy) is 4. The van der Waals surface area contributed by atoms with Crippen LogP contribution in [0.1, 0.15) is 10.4 Å². The molecule has 0 aliphatic carbocycles. The minimum Gasteiger partial charge on any atom is -0.497 e. The molecule has 1 amide bonds. The predicted molar refractivity (Wildman–Crippen MR) is 136 cm³/mol. The average Bonchev–Trinajstić information content (AvgIpc) is 2.92. The standard InChI is InChI=1S/C27H37N3O6/c1-33-23-6-8-24(9-7-23)36-20-22(31)17-29-14-15-35-26(19-29)18-28-10-12-30(13-11-28)27(32)21-4-3-5-25(16-21)34-2/h3-9,16,22,26,31H,10-15,17-20H2,1-2H3/t22-,26+/m0/s1. The van der Waals surface area contributed by atoms with Crippen molar-refractivity contribution in [1.29, 1.82) is 0 Å². The van der Waals surface area contributed by atoms with Gasteiger partial charge in [-0.15, -0.1) is 0 Å². The molecule has 2 atom stereocenters. The zero-order valence-corrected chi connectivity index (χ0v) is 21.2. The Balaban J connectivity index is 1.17. The van der Waals surface area contributed by atoms with E-state index in [0.717, 1.165) is 38.5 Å². The number of carbonyl (C=O) groups is 1. The molecule has 1 N–H and O–H groups in total. The summed E-state index contributed by atoms with van der Waals surface area (Å²) in [7, 11) is 3.23. The van der Waals surface area contributed by atoms with Gasteiger partial charge in [-0.05, 0) is 42.5 Å². The monoisotopic (exact) mass is 499 g/mol. The SMILES string of the molecule is COc1ccc(OC[C@@H](O)CN2CCO[C@H](CN3CCN(C(=O)c4cccc(OC)c4)CC3)C2)cc1. The summed E-state index contributed by atoms with van der Waals surface area (Å²) in [6.07, 6.45) is -0.508. The van der Waals surface area contributed by atoms with Crippen LogP contribution in [0.25, 0.3) is 0 Å². The van der Waals surface area contributed by atoms with E-state index in [1.54, 1.807) is 20.3 Å². The molecular formula is C27H37N3O6. The fourth-order valence-corrected chi connectivity index (χ4v) is 4.63. The van der Waals surface area contributed by atoms with E-state index in [4.69, 9.17) is 18.9 Å². The molecule has 2 aliphatic rings. The number of nitrogens with zero attached hydrogens (tertiary/aromatic N) is 3. The molecule has 0 radical (unpaired) electrons. The number of rotatable bonds is 10. The molecule has 2 saturated heterocycles. The number of hydrogen-bond acceptors (Lipinski definition) is 8. The van der Waals surface area contributed by atoms with Gasteiger partial charge in [0, 0.05) is 57.9 Å². The van der Waals surface area contributed by atoms with Gasteiger partial charge in [0.2, 0.25) is 0 Å². The fourth-order valence-electron chi connectivity index (χ4n) is 4.63. The number of β-amino-alcohol motifs (C(OH)–C–C–N with tert-alkyl or cyclic N) is 1. The molecule has 0 bridgehead atoms. The Morgan fingerprint density at radius 1 is 0.972 bits per heavy atom. The van der Waals surface area contributed by atoms with Crippen LogP contribution in [0, 0.1) is 0 Å². The van der Waals surface area contributed by atoms with Crippen LogP contribution in [-0.2, 0) is 4.74 Å². The molecule has 0 aromatic heterocycles. The maximum absolute atomic E-state index is 12.9. The number of morpholine rings is 1. The van der Waals surface area contributed by atoms with Crippen molar-refractivity contribution in [2.24, 2.45) is 0 Å². The molecule has 0 unspecified atom stereocenters. The number of aliphatic hydroxyl groups excluding tert-OH is 1. The van der Waals surface area contributed by atoms with E-state index in [0.29, 0.717) is 43.3 Å². The van der Waals surface area contributed by atoms with Crippen molar-refractivity contribution < 1.29 is 28.8 Å². The largest absolute Gasteiger partial charge is 0.497 e. The molecule has 9 heteroatoms. The number of amides is 1. The Bertz CT molecular complexity index is 964. The first-order chi connectivity index (χ1) is 17.5. The Kier molecular flexibility index (Phi) is 9.41. The van der Waals surface area contributed by atoms with Gasteiger partial charge in [0.1, 0.15) is 30.0 Å². The summed E-state index contributed by atoms with van der Waals surface area (Å²) >= 11 is 0. The Labute approximate surface area is 213 Å². The molecule has 2 aliphatic heterocycles. The Hall–Kier alpha value is -2.85.